The first-order valence-corrected chi connectivity index (χ1v) is 9.53. The van der Waals surface area contributed by atoms with Crippen LogP contribution in [0, 0.1) is 6.92 Å². The molecule has 0 atom stereocenters. The Hall–Kier alpha value is -2.99. The first kappa shape index (κ1) is 19.3. The van der Waals surface area contributed by atoms with Crippen LogP contribution in [-0.2, 0) is 0 Å². The van der Waals surface area contributed by atoms with E-state index in [2.05, 4.69) is 33.0 Å². The fraction of sp³-hybridized carbons (Fsp3) is 0.273. The lowest BCUT2D eigenvalue weighted by Crippen LogP contribution is -3.00. The monoisotopic (exact) mass is 409 g/mol. The van der Waals surface area contributed by atoms with Gasteiger partial charge in [-0.1, -0.05) is 24.3 Å². The molecule has 0 N–H and O–H groups in total. The summed E-state index contributed by atoms with van der Waals surface area (Å²) in [6.45, 7) is 5.45. The van der Waals surface area contributed by atoms with Crippen molar-refractivity contribution in [1.29, 1.82) is 0 Å². The highest BCUT2D eigenvalue weighted by atomic mass is 35.5. The maximum Gasteiger partial charge on any atom is 0.196 e. The molecule has 1 aliphatic heterocycles. The largest absolute Gasteiger partial charge is 1.00 e. The van der Waals surface area contributed by atoms with Gasteiger partial charge in [-0.25, -0.2) is 9.97 Å². The number of methoxy groups -OCH3 is 1. The van der Waals surface area contributed by atoms with E-state index in [1.807, 2.05) is 37.3 Å². The smallest absolute Gasteiger partial charge is 0.196 e. The highest BCUT2D eigenvalue weighted by Crippen LogP contribution is 2.34. The molecule has 3 heterocycles. The lowest BCUT2D eigenvalue weighted by atomic mass is 10.2. The second kappa shape index (κ2) is 7.79. The number of nitrogens with zero attached hydrogens (tertiary/aromatic N) is 4. The summed E-state index contributed by atoms with van der Waals surface area (Å²) < 4.78 is 11.7. The van der Waals surface area contributed by atoms with Crippen molar-refractivity contribution in [2.75, 3.05) is 43.1 Å². The Morgan fingerprint density at radius 1 is 0.897 bits per heavy atom. The molecular formula is C22H22ClN4O2-. The molecule has 1 aliphatic rings. The molecule has 2 aromatic carbocycles. The average Bonchev–Trinajstić information content (AvgIpc) is 3.12. The normalized spacial score (nSPS) is 14.3. The van der Waals surface area contributed by atoms with Crippen LogP contribution in [0.15, 0.2) is 52.9 Å². The van der Waals surface area contributed by atoms with E-state index in [1.165, 1.54) is 0 Å². The third-order valence-corrected chi connectivity index (χ3v) is 5.32. The maximum absolute atomic E-state index is 6.14. The van der Waals surface area contributed by atoms with Crippen molar-refractivity contribution in [3.8, 4) is 5.75 Å². The second-order valence-electron chi connectivity index (χ2n) is 7.02. The number of hydrogen-bond acceptors (Lipinski definition) is 6. The summed E-state index contributed by atoms with van der Waals surface area (Å²) in [5, 5.41) is 1.04. The molecule has 150 valence electrons. The summed E-state index contributed by atoms with van der Waals surface area (Å²) in [5.74, 6) is 2.56. The molecule has 1 fully saturated rings. The zero-order valence-electron chi connectivity index (χ0n) is 16.4. The molecule has 1 saturated heterocycles. The summed E-state index contributed by atoms with van der Waals surface area (Å²) in [6.07, 6.45) is 0. The fourth-order valence-electron chi connectivity index (χ4n) is 3.95. The molecule has 7 heteroatoms. The van der Waals surface area contributed by atoms with Crippen molar-refractivity contribution < 1.29 is 21.6 Å². The molecule has 0 radical (unpaired) electrons. The number of piperazine rings is 1. The molecule has 29 heavy (non-hydrogen) atoms. The lowest BCUT2D eigenvalue weighted by molar-refractivity contribution is -0.00000647. The van der Waals surface area contributed by atoms with Gasteiger partial charge in [0.25, 0.3) is 0 Å². The molecule has 6 nitrogen and oxygen atoms in total. The number of hydrogen-bond donors (Lipinski definition) is 0. The van der Waals surface area contributed by atoms with Gasteiger partial charge in [-0.3, -0.25) is 0 Å². The number of aryl methyl sites for hydroxylation is 1. The molecular weight excluding hydrogens is 388 g/mol. The molecule has 5 rings (SSSR count). The van der Waals surface area contributed by atoms with Crippen LogP contribution < -0.4 is 26.9 Å². The predicted molar refractivity (Wildman–Crippen MR) is 111 cm³/mol. The van der Waals surface area contributed by atoms with Gasteiger partial charge < -0.3 is 31.4 Å². The number of halogens is 1. The maximum atomic E-state index is 6.14. The van der Waals surface area contributed by atoms with Crippen LogP contribution >= 0.6 is 0 Å². The molecule has 0 bridgehead atoms. The van der Waals surface area contributed by atoms with Crippen molar-refractivity contribution in [3.63, 3.8) is 0 Å². The summed E-state index contributed by atoms with van der Waals surface area (Å²) in [4.78, 5) is 14.0. The summed E-state index contributed by atoms with van der Waals surface area (Å²) >= 11 is 0. The van der Waals surface area contributed by atoms with Gasteiger partial charge in [0.1, 0.15) is 22.7 Å². The first-order valence-electron chi connectivity index (χ1n) is 9.53. The minimum Gasteiger partial charge on any atom is -1.00 e. The zero-order valence-corrected chi connectivity index (χ0v) is 17.2. The van der Waals surface area contributed by atoms with Crippen molar-refractivity contribution >= 4 is 33.6 Å². The Labute approximate surface area is 175 Å². The predicted octanol–water partition coefficient (Wildman–Crippen LogP) is 1.02. The number of aromatic nitrogens is 2. The van der Waals surface area contributed by atoms with Gasteiger partial charge >= 0.3 is 0 Å². The second-order valence-corrected chi connectivity index (χ2v) is 7.02. The SMILES string of the molecule is COc1ccccc1N1CCN(c2nc(C)nc3c2oc2ccccc23)CC1.[Cl-]. The van der Waals surface area contributed by atoms with E-state index in [9.17, 15) is 0 Å². The molecule has 0 saturated carbocycles. The van der Waals surface area contributed by atoms with Gasteiger partial charge in [0, 0.05) is 31.6 Å². The van der Waals surface area contributed by atoms with E-state index in [0.29, 0.717) is 0 Å². The Morgan fingerprint density at radius 3 is 2.38 bits per heavy atom. The van der Waals surface area contributed by atoms with E-state index < -0.39 is 0 Å². The molecule has 4 aromatic rings. The van der Waals surface area contributed by atoms with Crippen molar-refractivity contribution in [1.82, 2.24) is 9.97 Å². The van der Waals surface area contributed by atoms with Crippen LogP contribution in [0.25, 0.3) is 22.1 Å². The molecule has 0 spiro atoms. The van der Waals surface area contributed by atoms with Crippen molar-refractivity contribution in [3.05, 3.63) is 54.4 Å². The van der Waals surface area contributed by atoms with Gasteiger partial charge in [0.2, 0.25) is 0 Å². The number of ether oxygens (including phenoxy) is 1. The van der Waals surface area contributed by atoms with Gasteiger partial charge in [-0.2, -0.15) is 0 Å². The zero-order chi connectivity index (χ0) is 19.1. The standard InChI is InChI=1S/C22H22N4O2.ClH/c1-15-23-20-16-7-3-5-9-18(16)28-21(20)22(24-15)26-13-11-25(12-14-26)17-8-4-6-10-19(17)27-2;/h3-10H,11-14H2,1-2H3;1H/p-1. The molecule has 2 aromatic heterocycles. The van der Waals surface area contributed by atoms with Gasteiger partial charge in [0.05, 0.1) is 12.8 Å². The highest BCUT2D eigenvalue weighted by molar-refractivity contribution is 6.05. The van der Waals surface area contributed by atoms with E-state index in [-0.39, 0.29) is 12.4 Å². The first-order chi connectivity index (χ1) is 13.7. The minimum absolute atomic E-state index is 0. The summed E-state index contributed by atoms with van der Waals surface area (Å²) in [6, 6.07) is 16.2. The van der Waals surface area contributed by atoms with Crippen LogP contribution in [-0.4, -0.2) is 43.3 Å². The highest BCUT2D eigenvalue weighted by Gasteiger charge is 2.24. The number of para-hydroxylation sites is 3. The van der Waals surface area contributed by atoms with E-state index in [4.69, 9.17) is 14.1 Å². The van der Waals surface area contributed by atoms with Crippen LogP contribution in [0.5, 0.6) is 5.75 Å². The molecule has 0 unspecified atom stereocenters. The number of fused-ring (bicyclic) bond motifs is 3. The van der Waals surface area contributed by atoms with Crippen molar-refractivity contribution in [2.24, 2.45) is 0 Å². The Morgan fingerprint density at radius 2 is 1.59 bits per heavy atom. The van der Waals surface area contributed by atoms with Gasteiger partial charge in [-0.15, -0.1) is 0 Å². The quantitative estimate of drug-likeness (QED) is 0.503. The minimum atomic E-state index is 0. The average molecular weight is 410 g/mol. The summed E-state index contributed by atoms with van der Waals surface area (Å²) in [5.41, 5.74) is 3.66. The van der Waals surface area contributed by atoms with Gasteiger partial charge in [-0.05, 0) is 31.2 Å². The Balaban J connectivity index is 0.00000205. The summed E-state index contributed by atoms with van der Waals surface area (Å²) in [7, 11) is 1.72. The fourth-order valence-corrected chi connectivity index (χ4v) is 3.95. The third kappa shape index (κ3) is 3.34. The van der Waals surface area contributed by atoms with Crippen LogP contribution in [0.2, 0.25) is 0 Å². The topological polar surface area (TPSA) is 54.6 Å². The number of benzene rings is 2. The van der Waals surface area contributed by atoms with Crippen molar-refractivity contribution in [2.45, 2.75) is 6.92 Å². The van der Waals surface area contributed by atoms with E-state index >= 15 is 0 Å². The third-order valence-electron chi connectivity index (χ3n) is 5.32. The number of furan rings is 1. The lowest BCUT2D eigenvalue weighted by Gasteiger charge is -2.37. The van der Waals surface area contributed by atoms with Crippen LogP contribution in [0.3, 0.4) is 0 Å². The molecule has 0 aliphatic carbocycles. The Kier molecular flexibility index (Phi) is 5.20. The molecule has 0 amide bonds. The van der Waals surface area contributed by atoms with Gasteiger partial charge in [0.15, 0.2) is 11.4 Å². The van der Waals surface area contributed by atoms with Crippen LogP contribution in [0.1, 0.15) is 5.82 Å². The Bertz CT molecular complexity index is 1150. The number of rotatable bonds is 3. The van der Waals surface area contributed by atoms with E-state index in [1.54, 1.807) is 7.11 Å². The number of anilines is 2. The van der Waals surface area contributed by atoms with Crippen LogP contribution in [0.4, 0.5) is 11.5 Å². The van der Waals surface area contributed by atoms with E-state index in [0.717, 1.165) is 71.3 Å².